The molecule has 0 aliphatic rings. The molecule has 0 bridgehead atoms. The number of anilines is 2. The van der Waals surface area contributed by atoms with Crippen molar-refractivity contribution >= 4 is 34.9 Å². The van der Waals surface area contributed by atoms with E-state index in [4.69, 9.17) is 22.1 Å². The van der Waals surface area contributed by atoms with Gasteiger partial charge in [0.2, 0.25) is 0 Å². The Labute approximate surface area is 126 Å². The van der Waals surface area contributed by atoms with Crippen molar-refractivity contribution in [2.75, 3.05) is 17.7 Å². The van der Waals surface area contributed by atoms with E-state index >= 15 is 0 Å². The SMILES string of the molecule is Nc1ccc(C(=O)OCC(=O)Nc2ccccc2Cl)cc1. The molecule has 0 saturated carbocycles. The Hall–Kier alpha value is -2.53. The van der Waals surface area contributed by atoms with Crippen LogP contribution < -0.4 is 11.1 Å². The Morgan fingerprint density at radius 3 is 2.43 bits per heavy atom. The van der Waals surface area contributed by atoms with Crippen molar-refractivity contribution in [3.8, 4) is 0 Å². The van der Waals surface area contributed by atoms with Gasteiger partial charge in [0.05, 0.1) is 16.3 Å². The van der Waals surface area contributed by atoms with Crippen molar-refractivity contribution in [3.63, 3.8) is 0 Å². The maximum Gasteiger partial charge on any atom is 0.338 e. The summed E-state index contributed by atoms with van der Waals surface area (Å²) in [4.78, 5) is 23.4. The quantitative estimate of drug-likeness (QED) is 0.672. The molecule has 2 aromatic rings. The minimum absolute atomic E-state index is 0.328. The molecule has 0 saturated heterocycles. The van der Waals surface area contributed by atoms with Gasteiger partial charge in [-0.2, -0.15) is 0 Å². The molecule has 0 heterocycles. The first-order valence-corrected chi connectivity index (χ1v) is 6.51. The maximum atomic E-state index is 11.7. The van der Waals surface area contributed by atoms with Gasteiger partial charge < -0.3 is 15.8 Å². The molecule has 2 rings (SSSR count). The molecule has 0 atom stereocenters. The van der Waals surface area contributed by atoms with Crippen LogP contribution >= 0.6 is 11.6 Å². The number of esters is 1. The van der Waals surface area contributed by atoms with Crippen LogP contribution in [-0.4, -0.2) is 18.5 Å². The van der Waals surface area contributed by atoms with Crippen LogP contribution in [0, 0.1) is 0 Å². The Kier molecular flexibility index (Phi) is 4.79. The van der Waals surface area contributed by atoms with Gasteiger partial charge in [0.1, 0.15) is 0 Å². The number of carbonyl (C=O) groups excluding carboxylic acids is 2. The van der Waals surface area contributed by atoms with Crippen molar-refractivity contribution in [3.05, 3.63) is 59.1 Å². The first-order chi connectivity index (χ1) is 10.1. The highest BCUT2D eigenvalue weighted by Gasteiger charge is 2.11. The lowest BCUT2D eigenvalue weighted by atomic mass is 10.2. The highest BCUT2D eigenvalue weighted by molar-refractivity contribution is 6.33. The lowest BCUT2D eigenvalue weighted by molar-refractivity contribution is -0.119. The molecule has 0 spiro atoms. The first kappa shape index (κ1) is 14.9. The molecule has 0 aliphatic carbocycles. The zero-order chi connectivity index (χ0) is 15.2. The molecule has 1 amide bonds. The van der Waals surface area contributed by atoms with Gasteiger partial charge in [-0.1, -0.05) is 23.7 Å². The molecular weight excluding hydrogens is 292 g/mol. The number of carbonyl (C=O) groups is 2. The number of hydrogen-bond donors (Lipinski definition) is 2. The summed E-state index contributed by atoms with van der Waals surface area (Å²) in [5.74, 6) is -1.06. The number of halogens is 1. The number of nitrogen functional groups attached to an aromatic ring is 1. The van der Waals surface area contributed by atoms with Gasteiger partial charge in [-0.3, -0.25) is 4.79 Å². The predicted octanol–water partition coefficient (Wildman–Crippen LogP) is 2.72. The van der Waals surface area contributed by atoms with Crippen LogP contribution in [0.25, 0.3) is 0 Å². The Bertz CT molecular complexity index is 656. The van der Waals surface area contributed by atoms with Crippen molar-refractivity contribution in [2.24, 2.45) is 0 Å². The summed E-state index contributed by atoms with van der Waals surface area (Å²) in [5, 5.41) is 2.97. The number of para-hydroxylation sites is 1. The zero-order valence-corrected chi connectivity index (χ0v) is 11.8. The largest absolute Gasteiger partial charge is 0.452 e. The number of rotatable bonds is 4. The van der Waals surface area contributed by atoms with E-state index < -0.39 is 18.5 Å². The number of nitrogens with two attached hydrogens (primary N) is 1. The topological polar surface area (TPSA) is 81.4 Å². The lowest BCUT2D eigenvalue weighted by Gasteiger charge is -2.08. The molecular formula is C15H13ClN2O3. The van der Waals surface area contributed by atoms with E-state index in [1.54, 1.807) is 36.4 Å². The monoisotopic (exact) mass is 304 g/mol. The molecule has 21 heavy (non-hydrogen) atoms. The molecule has 108 valence electrons. The van der Waals surface area contributed by atoms with Crippen molar-refractivity contribution in [1.29, 1.82) is 0 Å². The van der Waals surface area contributed by atoms with E-state index in [0.29, 0.717) is 22.0 Å². The minimum atomic E-state index is -0.593. The molecule has 0 unspecified atom stereocenters. The second-order valence-corrected chi connectivity index (χ2v) is 4.63. The summed E-state index contributed by atoms with van der Waals surface area (Å²) in [6.07, 6.45) is 0. The third-order valence-electron chi connectivity index (χ3n) is 2.63. The lowest BCUT2D eigenvalue weighted by Crippen LogP contribution is -2.21. The molecule has 0 radical (unpaired) electrons. The molecule has 0 aliphatic heterocycles. The highest BCUT2D eigenvalue weighted by Crippen LogP contribution is 2.20. The van der Waals surface area contributed by atoms with Crippen LogP contribution in [0.1, 0.15) is 10.4 Å². The second-order valence-electron chi connectivity index (χ2n) is 4.23. The summed E-state index contributed by atoms with van der Waals surface area (Å²) in [6.45, 7) is -0.394. The van der Waals surface area contributed by atoms with E-state index in [-0.39, 0.29) is 0 Å². The van der Waals surface area contributed by atoms with Crippen molar-refractivity contribution < 1.29 is 14.3 Å². The van der Waals surface area contributed by atoms with Crippen molar-refractivity contribution in [1.82, 2.24) is 0 Å². The highest BCUT2D eigenvalue weighted by atomic mass is 35.5. The van der Waals surface area contributed by atoms with Gasteiger partial charge in [-0.25, -0.2) is 4.79 Å². The first-order valence-electron chi connectivity index (χ1n) is 6.13. The maximum absolute atomic E-state index is 11.7. The van der Waals surface area contributed by atoms with Crippen molar-refractivity contribution in [2.45, 2.75) is 0 Å². The summed E-state index contributed by atoms with van der Waals surface area (Å²) in [5.41, 5.74) is 6.86. The van der Waals surface area contributed by atoms with Gasteiger partial charge in [0, 0.05) is 5.69 Å². The van der Waals surface area contributed by atoms with Gasteiger partial charge in [-0.15, -0.1) is 0 Å². The number of nitrogens with one attached hydrogen (secondary N) is 1. The number of amides is 1. The summed E-state index contributed by atoms with van der Waals surface area (Å²) in [6, 6.07) is 13.0. The van der Waals surface area contributed by atoms with E-state index in [0.717, 1.165) is 0 Å². The fraction of sp³-hybridized carbons (Fsp3) is 0.0667. The predicted molar refractivity (Wildman–Crippen MR) is 81.2 cm³/mol. The van der Waals surface area contributed by atoms with E-state index in [9.17, 15) is 9.59 Å². The van der Waals surface area contributed by atoms with Crippen LogP contribution in [0.5, 0.6) is 0 Å². The average molecular weight is 305 g/mol. The zero-order valence-electron chi connectivity index (χ0n) is 11.0. The van der Waals surface area contributed by atoms with Gasteiger partial charge in [0.25, 0.3) is 5.91 Å². The summed E-state index contributed by atoms with van der Waals surface area (Å²) >= 11 is 5.91. The smallest absolute Gasteiger partial charge is 0.338 e. The fourth-order valence-electron chi connectivity index (χ4n) is 1.58. The normalized spacial score (nSPS) is 9.95. The standard InChI is InChI=1S/C15H13ClN2O3/c16-12-3-1-2-4-13(12)18-14(19)9-21-15(20)10-5-7-11(17)8-6-10/h1-8H,9,17H2,(H,18,19). The van der Waals surface area contributed by atoms with Crippen LogP contribution in [0.3, 0.4) is 0 Å². The fourth-order valence-corrected chi connectivity index (χ4v) is 1.77. The molecule has 5 nitrogen and oxygen atoms in total. The third kappa shape index (κ3) is 4.22. The molecule has 2 aromatic carbocycles. The van der Waals surface area contributed by atoms with Gasteiger partial charge in [-0.05, 0) is 36.4 Å². The number of hydrogen-bond acceptors (Lipinski definition) is 4. The van der Waals surface area contributed by atoms with Crippen LogP contribution in [0.15, 0.2) is 48.5 Å². The third-order valence-corrected chi connectivity index (χ3v) is 2.96. The summed E-state index contributed by atoms with van der Waals surface area (Å²) in [7, 11) is 0. The molecule has 6 heteroatoms. The average Bonchev–Trinajstić information content (AvgIpc) is 2.48. The van der Waals surface area contributed by atoms with Crippen LogP contribution in [0.2, 0.25) is 5.02 Å². The number of benzene rings is 2. The van der Waals surface area contributed by atoms with Gasteiger partial charge >= 0.3 is 5.97 Å². The minimum Gasteiger partial charge on any atom is -0.452 e. The Morgan fingerprint density at radius 2 is 1.76 bits per heavy atom. The van der Waals surface area contributed by atoms with E-state index in [1.807, 2.05) is 0 Å². The second kappa shape index (κ2) is 6.76. The van der Waals surface area contributed by atoms with Gasteiger partial charge in [0.15, 0.2) is 6.61 Å². The molecule has 3 N–H and O–H groups in total. The Morgan fingerprint density at radius 1 is 1.10 bits per heavy atom. The Balaban J connectivity index is 1.88. The summed E-state index contributed by atoms with van der Waals surface area (Å²) < 4.78 is 4.91. The number of ether oxygens (including phenoxy) is 1. The van der Waals surface area contributed by atoms with E-state index in [2.05, 4.69) is 5.32 Å². The van der Waals surface area contributed by atoms with E-state index in [1.165, 1.54) is 12.1 Å². The van der Waals surface area contributed by atoms with Crippen LogP contribution in [-0.2, 0) is 9.53 Å². The molecule has 0 fully saturated rings. The van der Waals surface area contributed by atoms with Crippen LogP contribution in [0.4, 0.5) is 11.4 Å². The molecule has 0 aromatic heterocycles.